The van der Waals surface area contributed by atoms with Crippen LogP contribution in [0, 0.1) is 6.92 Å². The first-order valence-corrected chi connectivity index (χ1v) is 6.13. The molecule has 5 heteroatoms. The molecule has 0 aliphatic rings. The minimum Gasteiger partial charge on any atom is -0.377 e. The zero-order valence-electron chi connectivity index (χ0n) is 11.0. The van der Waals surface area contributed by atoms with E-state index in [9.17, 15) is 0 Å². The maximum atomic E-state index is 5.20. The van der Waals surface area contributed by atoms with Crippen molar-refractivity contribution in [2.75, 3.05) is 7.11 Å². The summed E-state index contributed by atoms with van der Waals surface area (Å²) in [5, 5.41) is 4.05. The molecular formula is C14H15N3O2. The van der Waals surface area contributed by atoms with Crippen LogP contribution < -0.4 is 0 Å². The zero-order valence-corrected chi connectivity index (χ0v) is 11.0. The first-order chi connectivity index (χ1) is 9.28. The van der Waals surface area contributed by atoms with Crippen molar-refractivity contribution in [3.05, 3.63) is 47.6 Å². The van der Waals surface area contributed by atoms with Gasteiger partial charge in [0.1, 0.15) is 18.1 Å². The number of hydrogen-bond acceptors (Lipinski definition) is 4. The molecule has 2 aromatic heterocycles. The first kappa shape index (κ1) is 11.9. The van der Waals surface area contributed by atoms with E-state index < -0.39 is 0 Å². The maximum Gasteiger partial charge on any atom is 0.162 e. The lowest BCUT2D eigenvalue weighted by Gasteiger charge is -2.03. The molecule has 5 nitrogen and oxygen atoms in total. The van der Waals surface area contributed by atoms with E-state index in [1.807, 2.05) is 31.2 Å². The van der Waals surface area contributed by atoms with Crippen LogP contribution in [0.4, 0.5) is 0 Å². The molecule has 0 spiro atoms. The number of methoxy groups -OCH3 is 1. The van der Waals surface area contributed by atoms with Gasteiger partial charge in [0.15, 0.2) is 5.76 Å². The monoisotopic (exact) mass is 257 g/mol. The highest BCUT2D eigenvalue weighted by atomic mass is 16.5. The molecule has 0 N–H and O–H groups in total. The van der Waals surface area contributed by atoms with Crippen molar-refractivity contribution in [3.63, 3.8) is 0 Å². The van der Waals surface area contributed by atoms with Crippen LogP contribution in [0.15, 0.2) is 34.9 Å². The van der Waals surface area contributed by atoms with E-state index in [1.54, 1.807) is 7.11 Å². The van der Waals surface area contributed by atoms with Crippen molar-refractivity contribution in [3.8, 4) is 0 Å². The van der Waals surface area contributed by atoms with Crippen LogP contribution >= 0.6 is 0 Å². The van der Waals surface area contributed by atoms with E-state index >= 15 is 0 Å². The van der Waals surface area contributed by atoms with Crippen LogP contribution in [0.1, 0.15) is 17.3 Å². The van der Waals surface area contributed by atoms with Crippen LogP contribution in [-0.4, -0.2) is 21.8 Å². The third-order valence-electron chi connectivity index (χ3n) is 3.06. The average molecular weight is 257 g/mol. The molecular weight excluding hydrogens is 242 g/mol. The number of nitrogens with zero attached hydrogens (tertiary/aromatic N) is 3. The molecule has 0 radical (unpaired) electrons. The third kappa shape index (κ3) is 2.24. The predicted molar refractivity (Wildman–Crippen MR) is 70.8 cm³/mol. The number of rotatable bonds is 4. The van der Waals surface area contributed by atoms with Gasteiger partial charge in [-0.2, -0.15) is 0 Å². The van der Waals surface area contributed by atoms with E-state index in [2.05, 4.69) is 20.8 Å². The molecule has 19 heavy (non-hydrogen) atoms. The Labute approximate surface area is 110 Å². The standard InChI is InChI=1S/C14H15N3O2/c1-10-15-13-5-3-4-6-14(13)17(10)8-11-7-12(9-18-2)19-16-11/h3-7H,8-9H2,1-2H3. The molecule has 0 unspecified atom stereocenters. The second-order valence-electron chi connectivity index (χ2n) is 4.45. The fourth-order valence-electron chi connectivity index (χ4n) is 2.20. The topological polar surface area (TPSA) is 53.1 Å². The molecule has 0 saturated carbocycles. The summed E-state index contributed by atoms with van der Waals surface area (Å²) in [6.07, 6.45) is 0. The highest BCUT2D eigenvalue weighted by Gasteiger charge is 2.10. The third-order valence-corrected chi connectivity index (χ3v) is 3.06. The number of aromatic nitrogens is 3. The van der Waals surface area contributed by atoms with Gasteiger partial charge in [-0.05, 0) is 19.1 Å². The molecule has 2 heterocycles. The van der Waals surface area contributed by atoms with Gasteiger partial charge in [0.25, 0.3) is 0 Å². The number of para-hydroxylation sites is 2. The molecule has 0 fully saturated rings. The Morgan fingerprint density at radius 3 is 3.00 bits per heavy atom. The van der Waals surface area contributed by atoms with Gasteiger partial charge >= 0.3 is 0 Å². The molecule has 3 rings (SSSR count). The average Bonchev–Trinajstić information content (AvgIpc) is 2.96. The summed E-state index contributed by atoms with van der Waals surface area (Å²) in [6.45, 7) is 3.09. The van der Waals surface area contributed by atoms with Crippen LogP contribution in [-0.2, 0) is 17.9 Å². The molecule has 0 bridgehead atoms. The number of aryl methyl sites for hydroxylation is 1. The quantitative estimate of drug-likeness (QED) is 0.720. The van der Waals surface area contributed by atoms with E-state index in [0.717, 1.165) is 28.3 Å². The first-order valence-electron chi connectivity index (χ1n) is 6.13. The second-order valence-corrected chi connectivity index (χ2v) is 4.45. The predicted octanol–water partition coefficient (Wildman–Crippen LogP) is 2.53. The van der Waals surface area contributed by atoms with Crippen molar-refractivity contribution in [1.82, 2.24) is 14.7 Å². The number of imidazole rings is 1. The van der Waals surface area contributed by atoms with Gasteiger partial charge in [0.05, 0.1) is 17.6 Å². The molecule has 1 aromatic carbocycles. The zero-order chi connectivity index (χ0) is 13.2. The van der Waals surface area contributed by atoms with Crippen LogP contribution in [0.25, 0.3) is 11.0 Å². The molecule has 0 aliphatic heterocycles. The van der Waals surface area contributed by atoms with E-state index in [1.165, 1.54) is 0 Å². The SMILES string of the molecule is COCc1cc(Cn2c(C)nc3ccccc32)no1. The second kappa shape index (κ2) is 4.85. The van der Waals surface area contributed by atoms with Gasteiger partial charge in [-0.25, -0.2) is 4.98 Å². The van der Waals surface area contributed by atoms with Crippen LogP contribution in [0.3, 0.4) is 0 Å². The molecule has 0 amide bonds. The maximum absolute atomic E-state index is 5.20. The number of benzene rings is 1. The summed E-state index contributed by atoms with van der Waals surface area (Å²) < 4.78 is 12.3. The summed E-state index contributed by atoms with van der Waals surface area (Å²) in [4.78, 5) is 4.53. The Bertz CT molecular complexity index is 700. The normalized spacial score (nSPS) is 11.3. The van der Waals surface area contributed by atoms with Gasteiger partial charge in [0, 0.05) is 13.2 Å². The van der Waals surface area contributed by atoms with Crippen molar-refractivity contribution in [2.45, 2.75) is 20.1 Å². The van der Waals surface area contributed by atoms with Crippen molar-refractivity contribution < 1.29 is 9.26 Å². The summed E-state index contributed by atoms with van der Waals surface area (Å²) in [7, 11) is 1.63. The lowest BCUT2D eigenvalue weighted by Crippen LogP contribution is -2.02. The fourth-order valence-corrected chi connectivity index (χ4v) is 2.20. The van der Waals surface area contributed by atoms with Crippen LogP contribution in [0.2, 0.25) is 0 Å². The van der Waals surface area contributed by atoms with Gasteiger partial charge in [-0.15, -0.1) is 0 Å². The van der Waals surface area contributed by atoms with Crippen molar-refractivity contribution in [2.24, 2.45) is 0 Å². The van der Waals surface area contributed by atoms with E-state index in [4.69, 9.17) is 9.26 Å². The Hall–Kier alpha value is -2.14. The van der Waals surface area contributed by atoms with E-state index in [-0.39, 0.29) is 0 Å². The van der Waals surface area contributed by atoms with Gasteiger partial charge in [-0.3, -0.25) is 0 Å². The highest BCUT2D eigenvalue weighted by Crippen LogP contribution is 2.17. The Morgan fingerprint density at radius 1 is 1.32 bits per heavy atom. The molecule has 0 atom stereocenters. The van der Waals surface area contributed by atoms with Gasteiger partial charge < -0.3 is 13.8 Å². The molecule has 0 saturated heterocycles. The Kier molecular flexibility index (Phi) is 3.05. The number of ether oxygens (including phenoxy) is 1. The van der Waals surface area contributed by atoms with Gasteiger partial charge in [0.2, 0.25) is 0 Å². The largest absolute Gasteiger partial charge is 0.377 e. The summed E-state index contributed by atoms with van der Waals surface area (Å²) in [5.41, 5.74) is 2.98. The molecule has 3 aromatic rings. The molecule has 98 valence electrons. The highest BCUT2D eigenvalue weighted by molar-refractivity contribution is 5.75. The number of hydrogen-bond donors (Lipinski definition) is 0. The van der Waals surface area contributed by atoms with Crippen molar-refractivity contribution in [1.29, 1.82) is 0 Å². The lowest BCUT2D eigenvalue weighted by atomic mass is 10.3. The van der Waals surface area contributed by atoms with Crippen LogP contribution in [0.5, 0.6) is 0 Å². The van der Waals surface area contributed by atoms with E-state index in [0.29, 0.717) is 13.2 Å². The summed E-state index contributed by atoms with van der Waals surface area (Å²) in [6, 6.07) is 9.99. The lowest BCUT2D eigenvalue weighted by molar-refractivity contribution is 0.155. The molecule has 0 aliphatic carbocycles. The Balaban J connectivity index is 1.93. The van der Waals surface area contributed by atoms with Crippen molar-refractivity contribution >= 4 is 11.0 Å². The minimum absolute atomic E-state index is 0.441. The fraction of sp³-hybridized carbons (Fsp3) is 0.286. The smallest absolute Gasteiger partial charge is 0.162 e. The number of fused-ring (bicyclic) bond motifs is 1. The Morgan fingerprint density at radius 2 is 2.16 bits per heavy atom. The van der Waals surface area contributed by atoms with Gasteiger partial charge in [-0.1, -0.05) is 17.3 Å². The summed E-state index contributed by atoms with van der Waals surface area (Å²) >= 11 is 0. The minimum atomic E-state index is 0.441. The summed E-state index contributed by atoms with van der Waals surface area (Å²) in [5.74, 6) is 1.71.